The molecule has 0 radical (unpaired) electrons. The van der Waals surface area contributed by atoms with Crippen molar-refractivity contribution in [3.63, 3.8) is 0 Å². The second-order valence-corrected chi connectivity index (χ2v) is 5.28. The fourth-order valence-electron chi connectivity index (χ4n) is 0.957. The van der Waals surface area contributed by atoms with Crippen LogP contribution in [-0.2, 0) is 17.7 Å². The van der Waals surface area contributed by atoms with Crippen LogP contribution in [-0.4, -0.2) is 82.3 Å². The zero-order valence-corrected chi connectivity index (χ0v) is 14.6. The second-order valence-electron chi connectivity index (χ2n) is 3.13. The molecule has 0 atom stereocenters. The first-order valence-corrected chi connectivity index (χ1v) is 8.70. The van der Waals surface area contributed by atoms with Gasteiger partial charge >= 0.3 is 9.05 Å². The van der Waals surface area contributed by atoms with E-state index in [1.807, 2.05) is 27.7 Å². The van der Waals surface area contributed by atoms with Gasteiger partial charge in [-0.3, -0.25) is 0 Å². The zero-order valence-electron chi connectivity index (χ0n) is 13.6. The summed E-state index contributed by atoms with van der Waals surface area (Å²) in [4.78, 5) is 0. The topological polar surface area (TPSA) is 118 Å². The van der Waals surface area contributed by atoms with E-state index in [-0.39, 0.29) is 26.4 Å². The Balaban J connectivity index is -0.000000334. The molecule has 0 aliphatic rings. The predicted molar refractivity (Wildman–Crippen MR) is 80.6 cm³/mol. The molecule has 0 fully saturated rings. The summed E-state index contributed by atoms with van der Waals surface area (Å²) in [5.41, 5.74) is 0. The Labute approximate surface area is 128 Å². The van der Waals surface area contributed by atoms with Gasteiger partial charge in [0.05, 0.1) is 26.4 Å². The van der Waals surface area contributed by atoms with Crippen LogP contribution in [0.3, 0.4) is 0 Å². The molecule has 0 aromatic carbocycles. The first-order chi connectivity index (χ1) is 10.1. The molecule has 0 aliphatic heterocycles. The monoisotopic (exact) mass is 332 g/mol. The molecule has 0 aromatic heterocycles. The van der Waals surface area contributed by atoms with Crippen LogP contribution >= 0.6 is 0 Å². The number of rotatable bonds is 10. The summed E-state index contributed by atoms with van der Waals surface area (Å²) >= 11 is 0. The normalized spacial score (nSPS) is 10.3. The Morgan fingerprint density at radius 2 is 0.714 bits per heavy atom. The first-order valence-electron chi connectivity index (χ1n) is 7.06. The first kappa shape index (κ1) is 25.8. The summed E-state index contributed by atoms with van der Waals surface area (Å²) in [6, 6.07) is 0. The molecule has 0 aromatic rings. The van der Waals surface area contributed by atoms with E-state index in [0.29, 0.717) is 26.4 Å². The maximum Gasteiger partial charge on any atom is 0.679 e. The van der Waals surface area contributed by atoms with Gasteiger partial charge in [0, 0.05) is 26.4 Å². The highest BCUT2D eigenvalue weighted by Gasteiger charge is 2.44. The van der Waals surface area contributed by atoms with Crippen LogP contribution in [0.25, 0.3) is 0 Å². The van der Waals surface area contributed by atoms with E-state index in [4.69, 9.17) is 38.1 Å². The molecular formula is C12H32O8Si. The Kier molecular flexibility index (Phi) is 27.3. The molecule has 4 N–H and O–H groups in total. The van der Waals surface area contributed by atoms with Crippen molar-refractivity contribution in [1.82, 2.24) is 0 Å². The third-order valence-corrected chi connectivity index (χ3v) is 4.05. The molecule has 0 aliphatic carbocycles. The van der Waals surface area contributed by atoms with E-state index in [9.17, 15) is 0 Å². The third-order valence-electron chi connectivity index (χ3n) is 1.48. The van der Waals surface area contributed by atoms with Gasteiger partial charge in [-0.05, 0) is 27.7 Å². The van der Waals surface area contributed by atoms with E-state index in [2.05, 4.69) is 0 Å². The average molecular weight is 332 g/mol. The molecule has 0 spiro atoms. The molecule has 0 bridgehead atoms. The minimum atomic E-state index is -2.80. The third kappa shape index (κ3) is 19.9. The Morgan fingerprint density at radius 3 is 0.810 bits per heavy atom. The van der Waals surface area contributed by atoms with Gasteiger partial charge in [-0.15, -0.1) is 0 Å². The van der Waals surface area contributed by atoms with Gasteiger partial charge in [-0.25, -0.2) is 0 Å². The lowest BCUT2D eigenvalue weighted by Gasteiger charge is -2.26. The molecule has 132 valence electrons. The van der Waals surface area contributed by atoms with Gasteiger partial charge in [0.25, 0.3) is 0 Å². The quantitative estimate of drug-likeness (QED) is 0.396. The van der Waals surface area contributed by atoms with Crippen LogP contribution in [0.15, 0.2) is 0 Å². The van der Waals surface area contributed by atoms with Crippen molar-refractivity contribution in [2.45, 2.75) is 27.7 Å². The van der Waals surface area contributed by atoms with E-state index in [0.717, 1.165) is 0 Å². The van der Waals surface area contributed by atoms with Crippen molar-refractivity contribution in [3.8, 4) is 0 Å². The van der Waals surface area contributed by atoms with Crippen molar-refractivity contribution in [2.75, 3.05) is 52.9 Å². The Morgan fingerprint density at radius 1 is 0.524 bits per heavy atom. The molecule has 0 unspecified atom stereocenters. The highest BCUT2D eigenvalue weighted by Crippen LogP contribution is 2.11. The maximum absolute atomic E-state index is 7.62. The second kappa shape index (κ2) is 22.2. The summed E-state index contributed by atoms with van der Waals surface area (Å²) in [5, 5.41) is 30.5. The molecule has 0 amide bonds. The van der Waals surface area contributed by atoms with Crippen LogP contribution in [0.4, 0.5) is 0 Å². The number of hydrogen-bond donors (Lipinski definition) is 4. The smallest absolute Gasteiger partial charge is 0.394 e. The van der Waals surface area contributed by atoms with Gasteiger partial charge in [0.15, 0.2) is 0 Å². The Bertz CT molecular complexity index is 136. The summed E-state index contributed by atoms with van der Waals surface area (Å²) in [6.45, 7) is 9.30. The van der Waals surface area contributed by atoms with Crippen LogP contribution in [0.2, 0.25) is 0 Å². The van der Waals surface area contributed by atoms with Crippen molar-refractivity contribution in [2.24, 2.45) is 0 Å². The molecule has 0 saturated heterocycles. The largest absolute Gasteiger partial charge is 0.679 e. The van der Waals surface area contributed by atoms with E-state index in [1.165, 1.54) is 0 Å². The molecule has 8 nitrogen and oxygen atoms in total. The van der Waals surface area contributed by atoms with Crippen molar-refractivity contribution in [3.05, 3.63) is 0 Å². The Hall–Kier alpha value is -0.103. The van der Waals surface area contributed by atoms with Crippen LogP contribution in [0.1, 0.15) is 27.7 Å². The fourth-order valence-corrected chi connectivity index (χ4v) is 2.87. The zero-order chi connectivity index (χ0) is 17.0. The average Bonchev–Trinajstić information content (AvgIpc) is 2.49. The fraction of sp³-hybridized carbons (Fsp3) is 1.00. The molecule has 0 heterocycles. The molecule has 0 rings (SSSR count). The lowest BCUT2D eigenvalue weighted by atomic mass is 10.8. The van der Waals surface area contributed by atoms with Gasteiger partial charge in [-0.1, -0.05) is 0 Å². The van der Waals surface area contributed by atoms with Crippen LogP contribution in [0, 0.1) is 0 Å². The van der Waals surface area contributed by atoms with Crippen molar-refractivity contribution >= 4 is 9.05 Å². The van der Waals surface area contributed by atoms with Gasteiger partial charge in [-0.2, -0.15) is 0 Å². The number of hydrogen-bond acceptors (Lipinski definition) is 8. The summed E-state index contributed by atoms with van der Waals surface area (Å²) in [5.74, 6) is 0. The summed E-state index contributed by atoms with van der Waals surface area (Å²) in [6.07, 6.45) is 0. The number of aliphatic hydroxyl groups is 4. The standard InChI is InChI=1S/C8H20O4Si.2C2H6O2/c1-5-9-13(10-6-2,11-7-3)12-8-4;2*3-1-2-4/h5-8H2,1-4H3;2*3-4H,1-2H2. The van der Waals surface area contributed by atoms with Gasteiger partial charge < -0.3 is 38.1 Å². The summed E-state index contributed by atoms with van der Waals surface area (Å²) in [7, 11) is -2.80. The van der Waals surface area contributed by atoms with E-state index < -0.39 is 9.05 Å². The lowest BCUT2D eigenvalue weighted by molar-refractivity contribution is -0.0247. The van der Waals surface area contributed by atoms with Gasteiger partial charge in [0.2, 0.25) is 0 Å². The van der Waals surface area contributed by atoms with E-state index >= 15 is 0 Å². The van der Waals surface area contributed by atoms with E-state index in [1.54, 1.807) is 0 Å². The SMILES string of the molecule is CCO[Si](OCC)(OCC)OCC.OCCO.OCCO. The minimum Gasteiger partial charge on any atom is -0.394 e. The lowest BCUT2D eigenvalue weighted by Crippen LogP contribution is -2.49. The highest BCUT2D eigenvalue weighted by atomic mass is 28.4. The van der Waals surface area contributed by atoms with Gasteiger partial charge in [0.1, 0.15) is 0 Å². The van der Waals surface area contributed by atoms with Crippen molar-refractivity contribution in [1.29, 1.82) is 0 Å². The minimum absolute atomic E-state index is 0.125. The molecule has 9 heteroatoms. The number of aliphatic hydroxyl groups excluding tert-OH is 4. The highest BCUT2D eigenvalue weighted by molar-refractivity contribution is 6.53. The molecular weight excluding hydrogens is 300 g/mol. The predicted octanol–water partition coefficient (Wildman–Crippen LogP) is -0.490. The van der Waals surface area contributed by atoms with Crippen LogP contribution in [0.5, 0.6) is 0 Å². The van der Waals surface area contributed by atoms with Crippen LogP contribution < -0.4 is 0 Å². The summed E-state index contributed by atoms with van der Waals surface area (Å²) < 4.78 is 21.7. The van der Waals surface area contributed by atoms with Crippen molar-refractivity contribution < 1.29 is 38.1 Å². The maximum atomic E-state index is 7.62. The molecule has 0 saturated carbocycles. The molecule has 21 heavy (non-hydrogen) atoms.